The van der Waals surface area contributed by atoms with Crippen LogP contribution in [0.2, 0.25) is 0 Å². The van der Waals surface area contributed by atoms with Gasteiger partial charge < -0.3 is 20.3 Å². The number of carbonyl (C=O) groups is 2. The minimum Gasteiger partial charge on any atom is -0.444 e. The molecule has 1 aliphatic rings. The van der Waals surface area contributed by atoms with Gasteiger partial charge in [0.15, 0.2) is 0 Å². The van der Waals surface area contributed by atoms with Crippen LogP contribution in [0.4, 0.5) is 20.8 Å². The molecule has 1 atom stereocenters. The predicted molar refractivity (Wildman–Crippen MR) is 155 cm³/mol. The lowest BCUT2D eigenvalue weighted by atomic mass is 10.0. The average Bonchev–Trinajstić information content (AvgIpc) is 3.37. The lowest BCUT2D eigenvalue weighted by Crippen LogP contribution is -2.35. The molecule has 0 fully saturated rings. The molecule has 0 spiro atoms. The van der Waals surface area contributed by atoms with Crippen molar-refractivity contribution in [3.05, 3.63) is 71.2 Å². The molecule has 3 aromatic rings. The standard InChI is InChI=1S/C31H35FN6O3/c1-5-24(10-13-35-30(40)41-31(2,3)4)36-29-34-14-11-26(37-29)22-16-21-12-15-38(28(21)23(17-22)19-33)27(39)18-20-8-6-7-9-25(20)32/h6-9,11,14,16-17,24H,5,10,12-13,15,18H2,1-4H3,(H,35,40)(H,34,36,37). The summed E-state index contributed by atoms with van der Waals surface area (Å²) in [6.45, 7) is 8.34. The number of nitrogens with zero attached hydrogens (tertiary/aromatic N) is 4. The Labute approximate surface area is 239 Å². The van der Waals surface area contributed by atoms with Gasteiger partial charge in [-0.15, -0.1) is 0 Å². The van der Waals surface area contributed by atoms with Gasteiger partial charge in [-0.3, -0.25) is 4.79 Å². The number of rotatable bonds is 9. The van der Waals surface area contributed by atoms with Crippen molar-refractivity contribution in [2.45, 2.75) is 65.0 Å². The van der Waals surface area contributed by atoms with E-state index in [2.05, 4.69) is 26.7 Å². The van der Waals surface area contributed by atoms with E-state index in [0.29, 0.717) is 54.4 Å². The summed E-state index contributed by atoms with van der Waals surface area (Å²) >= 11 is 0. The Morgan fingerprint density at radius 1 is 1.22 bits per heavy atom. The molecule has 1 unspecified atom stereocenters. The van der Waals surface area contributed by atoms with E-state index in [4.69, 9.17) is 4.74 Å². The molecule has 2 aromatic carbocycles. The number of amides is 2. The number of nitrogens with one attached hydrogen (secondary N) is 2. The molecule has 41 heavy (non-hydrogen) atoms. The smallest absolute Gasteiger partial charge is 0.407 e. The van der Waals surface area contributed by atoms with Gasteiger partial charge in [-0.25, -0.2) is 19.2 Å². The second-order valence-corrected chi connectivity index (χ2v) is 10.9. The molecule has 2 heterocycles. The normalized spacial score (nSPS) is 13.2. The fraction of sp³-hybridized carbons (Fsp3) is 0.387. The zero-order valence-electron chi connectivity index (χ0n) is 23.8. The van der Waals surface area contributed by atoms with Crippen molar-refractivity contribution in [1.29, 1.82) is 5.26 Å². The molecule has 0 radical (unpaired) electrons. The van der Waals surface area contributed by atoms with E-state index < -0.39 is 17.5 Å². The van der Waals surface area contributed by atoms with Crippen LogP contribution in [-0.4, -0.2) is 46.7 Å². The molecule has 0 saturated heterocycles. The summed E-state index contributed by atoms with van der Waals surface area (Å²) < 4.78 is 19.4. The number of nitriles is 1. The molecule has 0 aliphatic carbocycles. The van der Waals surface area contributed by atoms with Crippen LogP contribution >= 0.6 is 0 Å². The first-order valence-electron chi connectivity index (χ1n) is 13.8. The van der Waals surface area contributed by atoms with Crippen LogP contribution in [0.5, 0.6) is 0 Å². The van der Waals surface area contributed by atoms with Gasteiger partial charge >= 0.3 is 6.09 Å². The van der Waals surface area contributed by atoms with Crippen LogP contribution in [0.1, 0.15) is 57.2 Å². The summed E-state index contributed by atoms with van der Waals surface area (Å²) in [6.07, 6.45) is 3.14. The minimum absolute atomic E-state index is 0.0175. The van der Waals surface area contributed by atoms with Crippen LogP contribution < -0.4 is 15.5 Å². The van der Waals surface area contributed by atoms with Crippen LogP contribution in [0, 0.1) is 17.1 Å². The molecular formula is C31H35FN6O3. The van der Waals surface area contributed by atoms with E-state index in [1.54, 1.807) is 41.4 Å². The summed E-state index contributed by atoms with van der Waals surface area (Å²) in [6, 6.07) is 13.9. The Balaban J connectivity index is 1.46. The largest absolute Gasteiger partial charge is 0.444 e. The molecular weight excluding hydrogens is 523 g/mol. The van der Waals surface area contributed by atoms with Gasteiger partial charge in [-0.05, 0) is 75.4 Å². The third kappa shape index (κ3) is 7.57. The molecule has 214 valence electrons. The second-order valence-electron chi connectivity index (χ2n) is 10.9. The van der Waals surface area contributed by atoms with E-state index in [9.17, 15) is 19.2 Å². The first kappa shape index (κ1) is 29.5. The maximum Gasteiger partial charge on any atom is 0.407 e. The second kappa shape index (κ2) is 12.8. The molecule has 1 aliphatic heterocycles. The Morgan fingerprint density at radius 3 is 2.71 bits per heavy atom. The van der Waals surface area contributed by atoms with E-state index >= 15 is 0 Å². The van der Waals surface area contributed by atoms with Crippen molar-refractivity contribution in [2.75, 3.05) is 23.3 Å². The van der Waals surface area contributed by atoms with Crippen LogP contribution in [-0.2, 0) is 22.4 Å². The lowest BCUT2D eigenvalue weighted by molar-refractivity contribution is -0.117. The van der Waals surface area contributed by atoms with E-state index in [1.165, 1.54) is 6.07 Å². The molecule has 0 bridgehead atoms. The highest BCUT2D eigenvalue weighted by Gasteiger charge is 2.29. The van der Waals surface area contributed by atoms with Gasteiger partial charge in [-0.2, -0.15) is 5.26 Å². The third-order valence-corrected chi connectivity index (χ3v) is 6.72. The fourth-order valence-electron chi connectivity index (χ4n) is 4.74. The quantitative estimate of drug-likeness (QED) is 0.361. The highest BCUT2D eigenvalue weighted by atomic mass is 19.1. The topological polar surface area (TPSA) is 120 Å². The van der Waals surface area contributed by atoms with E-state index in [0.717, 1.165) is 17.5 Å². The number of hydrogen-bond donors (Lipinski definition) is 2. The molecule has 0 saturated carbocycles. The Morgan fingerprint density at radius 2 is 2.00 bits per heavy atom. The highest BCUT2D eigenvalue weighted by molar-refractivity contribution is 5.98. The molecule has 9 nitrogen and oxygen atoms in total. The van der Waals surface area contributed by atoms with Crippen molar-refractivity contribution in [3.8, 4) is 17.3 Å². The number of halogens is 1. The summed E-state index contributed by atoms with van der Waals surface area (Å²) in [4.78, 5) is 35.6. The number of ether oxygens (including phenoxy) is 1. The minimum atomic E-state index is -0.556. The summed E-state index contributed by atoms with van der Waals surface area (Å²) in [5.41, 5.74) is 2.97. The Bertz CT molecular complexity index is 1460. The number of carbonyl (C=O) groups excluding carboxylic acids is 2. The lowest BCUT2D eigenvalue weighted by Gasteiger charge is -2.21. The highest BCUT2D eigenvalue weighted by Crippen LogP contribution is 2.36. The maximum atomic E-state index is 14.1. The van der Waals surface area contributed by atoms with Crippen molar-refractivity contribution in [1.82, 2.24) is 15.3 Å². The first-order chi connectivity index (χ1) is 19.6. The number of fused-ring (bicyclic) bond motifs is 1. The van der Waals surface area contributed by atoms with E-state index in [-0.39, 0.29) is 18.4 Å². The average molecular weight is 559 g/mol. The van der Waals surface area contributed by atoms with Crippen molar-refractivity contribution in [3.63, 3.8) is 0 Å². The predicted octanol–water partition coefficient (Wildman–Crippen LogP) is 5.39. The number of hydrogen-bond acceptors (Lipinski definition) is 7. The van der Waals surface area contributed by atoms with Crippen LogP contribution in [0.3, 0.4) is 0 Å². The summed E-state index contributed by atoms with van der Waals surface area (Å²) in [7, 11) is 0. The van der Waals surface area contributed by atoms with Gasteiger partial charge in [0.25, 0.3) is 0 Å². The number of aromatic nitrogens is 2. The first-order valence-corrected chi connectivity index (χ1v) is 13.8. The number of anilines is 2. The molecule has 4 rings (SSSR count). The molecule has 1 aromatic heterocycles. The summed E-state index contributed by atoms with van der Waals surface area (Å²) in [5, 5.41) is 16.1. The molecule has 2 amide bonds. The number of alkyl carbamates (subject to hydrolysis) is 1. The summed E-state index contributed by atoms with van der Waals surface area (Å²) in [5.74, 6) is -0.236. The van der Waals surface area contributed by atoms with Crippen molar-refractivity contribution in [2.24, 2.45) is 0 Å². The third-order valence-electron chi connectivity index (χ3n) is 6.72. The zero-order valence-corrected chi connectivity index (χ0v) is 23.8. The SMILES string of the molecule is CCC(CCNC(=O)OC(C)(C)C)Nc1nccc(-c2cc(C#N)c3c(c2)CCN3C(=O)Cc2ccccc2F)n1. The van der Waals surface area contributed by atoms with Gasteiger partial charge in [0.05, 0.1) is 23.4 Å². The number of benzene rings is 2. The van der Waals surface area contributed by atoms with Crippen molar-refractivity contribution >= 4 is 23.6 Å². The van der Waals surface area contributed by atoms with Gasteiger partial charge in [0, 0.05) is 30.9 Å². The molecule has 2 N–H and O–H groups in total. The van der Waals surface area contributed by atoms with Crippen molar-refractivity contribution < 1.29 is 18.7 Å². The van der Waals surface area contributed by atoms with E-state index in [1.807, 2.05) is 33.8 Å². The van der Waals surface area contributed by atoms with Gasteiger partial charge in [0.1, 0.15) is 17.5 Å². The Kier molecular flexibility index (Phi) is 9.17. The van der Waals surface area contributed by atoms with Gasteiger partial charge in [-0.1, -0.05) is 25.1 Å². The van der Waals surface area contributed by atoms with Crippen LogP contribution in [0.25, 0.3) is 11.3 Å². The fourth-order valence-corrected chi connectivity index (χ4v) is 4.74. The Hall–Kier alpha value is -4.52. The maximum absolute atomic E-state index is 14.1. The molecule has 10 heteroatoms. The monoisotopic (exact) mass is 558 g/mol. The zero-order chi connectivity index (χ0) is 29.6. The van der Waals surface area contributed by atoms with Crippen LogP contribution in [0.15, 0.2) is 48.7 Å². The van der Waals surface area contributed by atoms with Gasteiger partial charge in [0.2, 0.25) is 11.9 Å².